The monoisotopic (exact) mass is 368 g/mol. The van der Waals surface area contributed by atoms with E-state index in [-0.39, 0.29) is 5.91 Å². The number of hydrogen-bond acceptors (Lipinski definition) is 3. The quantitative estimate of drug-likeness (QED) is 0.721. The molecule has 26 heavy (non-hydrogen) atoms. The molecule has 0 radical (unpaired) electrons. The van der Waals surface area contributed by atoms with E-state index in [0.717, 1.165) is 41.8 Å². The second-order valence-corrected chi connectivity index (χ2v) is 7.08. The molecule has 4 rings (SSSR count). The van der Waals surface area contributed by atoms with Crippen LogP contribution in [0.4, 0.5) is 0 Å². The molecular weight excluding hydrogens is 348 g/mol. The fraction of sp³-hybridized carbons (Fsp3) is 0.300. The number of aromatic nitrogens is 2. The van der Waals surface area contributed by atoms with E-state index in [1.807, 2.05) is 42.5 Å². The number of aromatic amines is 1. The number of carbonyl (C=O) groups is 1. The summed E-state index contributed by atoms with van der Waals surface area (Å²) < 4.78 is 0. The van der Waals surface area contributed by atoms with Gasteiger partial charge >= 0.3 is 0 Å². The van der Waals surface area contributed by atoms with E-state index in [0.29, 0.717) is 17.1 Å². The van der Waals surface area contributed by atoms with Crippen LogP contribution in [0.25, 0.3) is 22.2 Å². The normalized spacial score (nSPS) is 14.8. The molecule has 2 heterocycles. The molecule has 0 spiro atoms. The minimum Gasteiger partial charge on any atom is -0.351 e. The molecule has 2 aromatic carbocycles. The number of nitrogens with zero attached hydrogens (tertiary/aromatic N) is 2. The SMILES string of the molecule is O=C(NCCN1CCCC1)c1ccc2[nH]nc(-c3ccc(Cl)cc3)c2c1. The highest BCUT2D eigenvalue weighted by Crippen LogP contribution is 2.28. The number of carbonyl (C=O) groups excluding carboxylic acids is 1. The maximum absolute atomic E-state index is 12.5. The van der Waals surface area contributed by atoms with Crippen molar-refractivity contribution in [2.24, 2.45) is 0 Å². The number of nitrogens with one attached hydrogen (secondary N) is 2. The first-order valence-electron chi connectivity index (χ1n) is 8.95. The summed E-state index contributed by atoms with van der Waals surface area (Å²) in [6, 6.07) is 13.2. The Morgan fingerprint density at radius 1 is 1.15 bits per heavy atom. The molecule has 1 amide bonds. The van der Waals surface area contributed by atoms with Crippen LogP contribution < -0.4 is 5.32 Å². The summed E-state index contributed by atoms with van der Waals surface area (Å²) in [6.45, 7) is 3.87. The zero-order chi connectivity index (χ0) is 17.9. The molecule has 1 aliphatic heterocycles. The van der Waals surface area contributed by atoms with Crippen molar-refractivity contribution in [3.63, 3.8) is 0 Å². The second kappa shape index (κ2) is 7.48. The number of amides is 1. The lowest BCUT2D eigenvalue weighted by atomic mass is 10.1. The van der Waals surface area contributed by atoms with Crippen LogP contribution in [0.3, 0.4) is 0 Å². The minimum absolute atomic E-state index is 0.0469. The molecule has 6 heteroatoms. The standard InChI is InChI=1S/C20H21ClN4O/c21-16-6-3-14(4-7-16)19-17-13-15(5-8-18(17)23-24-19)20(26)22-9-12-25-10-1-2-11-25/h3-8,13H,1-2,9-12H2,(H,22,26)(H,23,24). The summed E-state index contributed by atoms with van der Waals surface area (Å²) in [7, 11) is 0. The summed E-state index contributed by atoms with van der Waals surface area (Å²) in [4.78, 5) is 14.9. The third-order valence-corrected chi connectivity index (χ3v) is 5.11. The van der Waals surface area contributed by atoms with E-state index < -0.39 is 0 Å². The third-order valence-electron chi connectivity index (χ3n) is 4.85. The van der Waals surface area contributed by atoms with Crippen molar-refractivity contribution in [3.05, 3.63) is 53.1 Å². The molecule has 0 unspecified atom stereocenters. The predicted octanol–water partition coefficient (Wildman–Crippen LogP) is 3.71. The lowest BCUT2D eigenvalue weighted by Crippen LogP contribution is -2.33. The van der Waals surface area contributed by atoms with Crippen LogP contribution >= 0.6 is 11.6 Å². The Balaban J connectivity index is 1.51. The van der Waals surface area contributed by atoms with E-state index >= 15 is 0 Å². The maximum Gasteiger partial charge on any atom is 0.251 e. The summed E-state index contributed by atoms with van der Waals surface area (Å²) in [5, 5.41) is 12.1. The van der Waals surface area contributed by atoms with Gasteiger partial charge < -0.3 is 10.2 Å². The molecule has 0 atom stereocenters. The second-order valence-electron chi connectivity index (χ2n) is 6.64. The average Bonchev–Trinajstić information content (AvgIpc) is 3.31. The topological polar surface area (TPSA) is 61.0 Å². The van der Waals surface area contributed by atoms with Gasteiger partial charge in [0, 0.05) is 34.6 Å². The van der Waals surface area contributed by atoms with Gasteiger partial charge in [-0.2, -0.15) is 5.10 Å². The lowest BCUT2D eigenvalue weighted by molar-refractivity contribution is 0.0950. The first kappa shape index (κ1) is 17.1. The molecule has 1 aromatic heterocycles. The molecule has 134 valence electrons. The first-order chi connectivity index (χ1) is 12.7. The molecular formula is C20H21ClN4O. The van der Waals surface area contributed by atoms with Gasteiger partial charge in [0.1, 0.15) is 0 Å². The zero-order valence-electron chi connectivity index (χ0n) is 14.5. The van der Waals surface area contributed by atoms with Gasteiger partial charge in [0.05, 0.1) is 11.2 Å². The van der Waals surface area contributed by atoms with Crippen molar-refractivity contribution in [1.29, 1.82) is 0 Å². The van der Waals surface area contributed by atoms with E-state index in [1.54, 1.807) is 0 Å². The van der Waals surface area contributed by atoms with Gasteiger partial charge in [0.15, 0.2) is 0 Å². The average molecular weight is 369 g/mol. The first-order valence-corrected chi connectivity index (χ1v) is 9.33. The molecule has 5 nitrogen and oxygen atoms in total. The van der Waals surface area contributed by atoms with Gasteiger partial charge in [-0.3, -0.25) is 9.89 Å². The summed E-state index contributed by atoms with van der Waals surface area (Å²) >= 11 is 5.97. The highest BCUT2D eigenvalue weighted by atomic mass is 35.5. The molecule has 3 aromatic rings. The summed E-state index contributed by atoms with van der Waals surface area (Å²) in [6.07, 6.45) is 2.52. The van der Waals surface area contributed by atoms with E-state index in [9.17, 15) is 4.79 Å². The van der Waals surface area contributed by atoms with Crippen LogP contribution in [0.5, 0.6) is 0 Å². The number of benzene rings is 2. The van der Waals surface area contributed by atoms with Gasteiger partial charge in [-0.1, -0.05) is 23.7 Å². The Morgan fingerprint density at radius 3 is 2.69 bits per heavy atom. The van der Waals surface area contributed by atoms with Crippen molar-refractivity contribution in [3.8, 4) is 11.3 Å². The third kappa shape index (κ3) is 3.59. The Bertz CT molecular complexity index is 913. The van der Waals surface area contributed by atoms with Gasteiger partial charge in [-0.15, -0.1) is 0 Å². The molecule has 1 saturated heterocycles. The van der Waals surface area contributed by atoms with Crippen molar-refractivity contribution in [2.75, 3.05) is 26.2 Å². The Kier molecular flexibility index (Phi) is 4.91. The van der Waals surface area contributed by atoms with Gasteiger partial charge in [0.25, 0.3) is 5.91 Å². The van der Waals surface area contributed by atoms with Crippen LogP contribution in [0.2, 0.25) is 5.02 Å². The molecule has 0 aliphatic carbocycles. The Labute approximate surface area is 157 Å². The highest BCUT2D eigenvalue weighted by Gasteiger charge is 2.14. The van der Waals surface area contributed by atoms with Gasteiger partial charge in [0.2, 0.25) is 0 Å². The van der Waals surface area contributed by atoms with Crippen LogP contribution in [0, 0.1) is 0 Å². The van der Waals surface area contributed by atoms with Crippen LogP contribution in [-0.2, 0) is 0 Å². The van der Waals surface area contributed by atoms with E-state index in [1.165, 1.54) is 12.8 Å². The summed E-state index contributed by atoms with van der Waals surface area (Å²) in [5.74, 6) is -0.0469. The number of H-pyrrole nitrogens is 1. The lowest BCUT2D eigenvalue weighted by Gasteiger charge is -2.14. The number of fused-ring (bicyclic) bond motifs is 1. The van der Waals surface area contributed by atoms with Gasteiger partial charge in [-0.25, -0.2) is 0 Å². The molecule has 0 bridgehead atoms. The predicted molar refractivity (Wildman–Crippen MR) is 105 cm³/mol. The minimum atomic E-state index is -0.0469. The number of rotatable bonds is 5. The molecule has 1 aliphatic rings. The zero-order valence-corrected chi connectivity index (χ0v) is 15.2. The van der Waals surface area contributed by atoms with E-state index in [4.69, 9.17) is 11.6 Å². The molecule has 1 fully saturated rings. The summed E-state index contributed by atoms with van der Waals surface area (Å²) in [5.41, 5.74) is 3.34. The van der Waals surface area contributed by atoms with Gasteiger partial charge in [-0.05, 0) is 56.3 Å². The maximum atomic E-state index is 12.5. The van der Waals surface area contributed by atoms with Crippen LogP contribution in [0.15, 0.2) is 42.5 Å². The Hall–Kier alpha value is -2.37. The van der Waals surface area contributed by atoms with Crippen LogP contribution in [-0.4, -0.2) is 47.2 Å². The largest absolute Gasteiger partial charge is 0.351 e. The van der Waals surface area contributed by atoms with Crippen molar-refractivity contribution >= 4 is 28.4 Å². The molecule has 2 N–H and O–H groups in total. The van der Waals surface area contributed by atoms with Crippen molar-refractivity contribution in [2.45, 2.75) is 12.8 Å². The van der Waals surface area contributed by atoms with Crippen molar-refractivity contribution in [1.82, 2.24) is 20.4 Å². The fourth-order valence-corrected chi connectivity index (χ4v) is 3.54. The molecule has 0 saturated carbocycles. The van der Waals surface area contributed by atoms with E-state index in [2.05, 4.69) is 20.4 Å². The number of halogens is 1. The smallest absolute Gasteiger partial charge is 0.251 e. The highest BCUT2D eigenvalue weighted by molar-refractivity contribution is 6.30. The number of likely N-dealkylation sites (tertiary alicyclic amines) is 1. The van der Waals surface area contributed by atoms with Crippen molar-refractivity contribution < 1.29 is 4.79 Å². The number of hydrogen-bond donors (Lipinski definition) is 2. The Morgan fingerprint density at radius 2 is 1.92 bits per heavy atom. The van der Waals surface area contributed by atoms with Crippen LogP contribution in [0.1, 0.15) is 23.2 Å². The fourth-order valence-electron chi connectivity index (χ4n) is 3.42.